The van der Waals surface area contributed by atoms with Crippen LogP contribution in [-0.2, 0) is 13.8 Å². The second-order valence-electron chi connectivity index (χ2n) is 5.56. The Bertz CT molecular complexity index is 967. The van der Waals surface area contributed by atoms with Crippen LogP contribution in [0.15, 0.2) is 25.0 Å². The minimum absolute atomic E-state index is 0.381. The van der Waals surface area contributed by atoms with Gasteiger partial charge in [0.1, 0.15) is 24.6 Å². The zero-order valence-corrected chi connectivity index (χ0v) is 13.4. The van der Waals surface area contributed by atoms with Gasteiger partial charge in [-0.15, -0.1) is 0 Å². The number of nitrogens with zero attached hydrogens (tertiary/aromatic N) is 5. The van der Waals surface area contributed by atoms with E-state index in [2.05, 4.69) is 19.5 Å². The van der Waals surface area contributed by atoms with Crippen LogP contribution in [-0.4, -0.2) is 68.8 Å². The van der Waals surface area contributed by atoms with Crippen molar-refractivity contribution in [2.24, 2.45) is 0 Å². The molecule has 4 heterocycles. The number of rotatable bonds is 4. The summed E-state index contributed by atoms with van der Waals surface area (Å²) in [5, 5.41) is 20.3. The minimum Gasteiger partial charge on any atom is -0.387 e. The fourth-order valence-corrected chi connectivity index (χ4v) is 3.14. The van der Waals surface area contributed by atoms with E-state index >= 15 is 0 Å². The molecule has 12 nitrogen and oxygen atoms in total. The van der Waals surface area contributed by atoms with Gasteiger partial charge >= 0.3 is 7.82 Å². The highest BCUT2D eigenvalue weighted by molar-refractivity contribution is 7.46. The first-order valence-electron chi connectivity index (χ1n) is 7.21. The maximum absolute atomic E-state index is 10.8. The van der Waals surface area contributed by atoms with E-state index in [-0.39, 0.29) is 0 Å². The normalized spacial score (nSPS) is 27.5. The Balaban J connectivity index is 1.65. The molecule has 0 spiro atoms. The first-order valence-corrected chi connectivity index (χ1v) is 8.74. The summed E-state index contributed by atoms with van der Waals surface area (Å²) in [4.78, 5) is 30.2. The van der Waals surface area contributed by atoms with Crippen molar-refractivity contribution >= 4 is 24.6 Å². The molecular formula is C12H14N5O7P. The number of ether oxygens (including phenoxy) is 1. The molecule has 25 heavy (non-hydrogen) atoms. The Morgan fingerprint density at radius 2 is 1.96 bits per heavy atom. The Labute approximate surface area is 139 Å². The predicted molar refractivity (Wildman–Crippen MR) is 80.2 cm³/mol. The summed E-state index contributed by atoms with van der Waals surface area (Å²) >= 11 is 0. The van der Waals surface area contributed by atoms with Crippen LogP contribution in [0.5, 0.6) is 0 Å². The summed E-state index contributed by atoms with van der Waals surface area (Å²) in [6, 6.07) is 0. The lowest BCUT2D eigenvalue weighted by Crippen LogP contribution is -2.33. The number of aromatic nitrogens is 5. The lowest BCUT2D eigenvalue weighted by molar-refractivity contribution is -0.0504. The van der Waals surface area contributed by atoms with E-state index in [0.29, 0.717) is 16.8 Å². The van der Waals surface area contributed by atoms with Crippen molar-refractivity contribution in [3.63, 3.8) is 0 Å². The quantitative estimate of drug-likeness (QED) is 0.410. The molecule has 13 heteroatoms. The summed E-state index contributed by atoms with van der Waals surface area (Å²) in [6.45, 7) is -0.580. The standard InChI is InChI=1S/C12H14N5O7P/c18-8-6(3-23-25(20,21)22)24-12(9(8)19)17-5-14-7-10-13-1-2-16(10)4-15-11(7)17/h1-2,4-6,8-9,12,18-19H,3H2,(H2,20,21,22)/t6-,8-,9-,12-/m1/s1. The number of phosphoric acid groups is 1. The highest BCUT2D eigenvalue weighted by Gasteiger charge is 2.45. The molecule has 0 bridgehead atoms. The van der Waals surface area contributed by atoms with Crippen molar-refractivity contribution in [3.8, 4) is 0 Å². The second-order valence-corrected chi connectivity index (χ2v) is 6.80. The van der Waals surface area contributed by atoms with Gasteiger partial charge in [0.2, 0.25) is 0 Å². The first-order chi connectivity index (χ1) is 11.8. The smallest absolute Gasteiger partial charge is 0.387 e. The van der Waals surface area contributed by atoms with Crippen molar-refractivity contribution in [1.82, 2.24) is 23.9 Å². The third kappa shape index (κ3) is 2.83. The molecule has 3 aromatic rings. The van der Waals surface area contributed by atoms with Gasteiger partial charge in [-0.05, 0) is 0 Å². The average molecular weight is 371 g/mol. The van der Waals surface area contributed by atoms with Crippen molar-refractivity contribution in [1.29, 1.82) is 0 Å². The summed E-state index contributed by atoms with van der Waals surface area (Å²) in [7, 11) is -4.72. The fourth-order valence-electron chi connectivity index (χ4n) is 2.80. The van der Waals surface area contributed by atoms with Crippen molar-refractivity contribution in [2.75, 3.05) is 6.61 Å². The second kappa shape index (κ2) is 5.81. The zero-order valence-electron chi connectivity index (χ0n) is 12.5. The molecule has 4 N–H and O–H groups in total. The number of hydrogen-bond acceptors (Lipinski definition) is 8. The highest BCUT2D eigenvalue weighted by Crippen LogP contribution is 2.38. The van der Waals surface area contributed by atoms with Crippen LogP contribution in [0.2, 0.25) is 0 Å². The van der Waals surface area contributed by atoms with Gasteiger partial charge in [-0.3, -0.25) is 13.5 Å². The fraction of sp³-hybridized carbons (Fsp3) is 0.417. The van der Waals surface area contributed by atoms with E-state index in [4.69, 9.17) is 14.5 Å². The average Bonchev–Trinajstić information content (AvgIpc) is 3.23. The van der Waals surface area contributed by atoms with Crippen molar-refractivity contribution in [2.45, 2.75) is 24.5 Å². The maximum Gasteiger partial charge on any atom is 0.469 e. The van der Waals surface area contributed by atoms with Gasteiger partial charge in [-0.25, -0.2) is 19.5 Å². The molecule has 134 valence electrons. The number of aliphatic hydroxyl groups excluding tert-OH is 2. The number of aliphatic hydroxyl groups is 2. The van der Waals surface area contributed by atoms with Gasteiger partial charge < -0.3 is 24.7 Å². The molecule has 0 saturated carbocycles. The summed E-state index contributed by atoms with van der Waals surface area (Å²) in [5.41, 5.74) is 1.43. The molecule has 0 amide bonds. The van der Waals surface area contributed by atoms with Gasteiger partial charge in [0.15, 0.2) is 23.0 Å². The largest absolute Gasteiger partial charge is 0.469 e. The number of phosphoric ester groups is 1. The third-order valence-electron chi connectivity index (χ3n) is 3.97. The van der Waals surface area contributed by atoms with Gasteiger partial charge in [0.25, 0.3) is 0 Å². The third-order valence-corrected chi connectivity index (χ3v) is 4.46. The molecule has 0 radical (unpaired) electrons. The van der Waals surface area contributed by atoms with Gasteiger partial charge in [0.05, 0.1) is 12.9 Å². The van der Waals surface area contributed by atoms with Crippen LogP contribution in [0.4, 0.5) is 0 Å². The van der Waals surface area contributed by atoms with E-state index in [1.54, 1.807) is 16.8 Å². The molecule has 0 aliphatic carbocycles. The molecule has 0 unspecified atom stereocenters. The minimum atomic E-state index is -4.72. The van der Waals surface area contributed by atoms with Crippen LogP contribution >= 0.6 is 7.82 Å². The van der Waals surface area contributed by atoms with Crippen LogP contribution in [0.1, 0.15) is 6.23 Å². The van der Waals surface area contributed by atoms with E-state index in [9.17, 15) is 14.8 Å². The molecule has 4 atom stereocenters. The van der Waals surface area contributed by atoms with E-state index < -0.39 is 39.0 Å². The Morgan fingerprint density at radius 1 is 1.16 bits per heavy atom. The van der Waals surface area contributed by atoms with Gasteiger partial charge in [0, 0.05) is 12.4 Å². The summed E-state index contributed by atoms with van der Waals surface area (Å²) in [5.74, 6) is 0. The zero-order chi connectivity index (χ0) is 17.8. The first kappa shape index (κ1) is 16.5. The van der Waals surface area contributed by atoms with Crippen LogP contribution in [0.25, 0.3) is 16.8 Å². The maximum atomic E-state index is 10.8. The molecular weight excluding hydrogens is 357 g/mol. The Morgan fingerprint density at radius 3 is 2.72 bits per heavy atom. The lowest BCUT2D eigenvalue weighted by atomic mass is 10.1. The lowest BCUT2D eigenvalue weighted by Gasteiger charge is -2.16. The molecule has 1 aliphatic rings. The predicted octanol–water partition coefficient (Wildman–Crippen LogP) is -1.19. The molecule has 4 rings (SSSR count). The molecule has 1 fully saturated rings. The number of fused-ring (bicyclic) bond motifs is 3. The summed E-state index contributed by atoms with van der Waals surface area (Å²) in [6.07, 6.45) is 1.28. The molecule has 0 aromatic carbocycles. The number of imidazole rings is 2. The van der Waals surface area contributed by atoms with Crippen molar-refractivity contribution < 1.29 is 33.8 Å². The van der Waals surface area contributed by atoms with Crippen LogP contribution < -0.4 is 0 Å². The summed E-state index contributed by atoms with van der Waals surface area (Å²) < 4.78 is 23.8. The molecule has 3 aromatic heterocycles. The molecule has 1 saturated heterocycles. The van der Waals surface area contributed by atoms with Gasteiger partial charge in [-0.2, -0.15) is 0 Å². The monoisotopic (exact) mass is 371 g/mol. The molecule has 1 aliphatic heterocycles. The SMILES string of the molecule is O=P(O)(O)OC[C@H]1O[C@@H](n2cnc3c2ncn2ccnc32)[C@H](O)[C@@H]1O. The van der Waals surface area contributed by atoms with Crippen molar-refractivity contribution in [3.05, 3.63) is 25.0 Å². The van der Waals surface area contributed by atoms with Crippen LogP contribution in [0, 0.1) is 0 Å². The van der Waals surface area contributed by atoms with Crippen LogP contribution in [0.3, 0.4) is 0 Å². The number of hydrogen-bond donors (Lipinski definition) is 4. The Kier molecular flexibility index (Phi) is 3.85. The van der Waals surface area contributed by atoms with E-state index in [1.165, 1.54) is 17.2 Å². The van der Waals surface area contributed by atoms with Gasteiger partial charge in [-0.1, -0.05) is 0 Å². The van der Waals surface area contributed by atoms with E-state index in [0.717, 1.165) is 0 Å². The van der Waals surface area contributed by atoms with E-state index in [1.807, 2.05) is 0 Å². The topological polar surface area (TPSA) is 164 Å². The highest BCUT2D eigenvalue weighted by atomic mass is 31.2. The Hall–Kier alpha value is -1.92.